The summed E-state index contributed by atoms with van der Waals surface area (Å²) in [5.74, 6) is -2.15. The molecule has 0 aliphatic rings. The number of pyridine rings is 1. The molecular formula is C23H19ClF3NO4. The number of hydrogen-bond donors (Lipinski definition) is 2. The molecule has 2 unspecified atom stereocenters. The molecule has 3 rings (SSSR count). The summed E-state index contributed by atoms with van der Waals surface area (Å²) in [5.41, 5.74) is -2.57. The molecule has 9 heteroatoms. The molecule has 5 nitrogen and oxygen atoms in total. The van der Waals surface area contributed by atoms with Gasteiger partial charge in [0.2, 0.25) is 0 Å². The Bertz CT molecular complexity index is 1090. The largest absolute Gasteiger partial charge is 0.489 e. The zero-order chi connectivity index (χ0) is 23.5. The number of aromatic carboxylic acids is 1. The second-order valence-electron chi connectivity index (χ2n) is 7.20. The van der Waals surface area contributed by atoms with E-state index < -0.39 is 23.7 Å². The number of rotatable bonds is 7. The number of ether oxygens (including phenoxy) is 1. The van der Waals surface area contributed by atoms with Gasteiger partial charge in [0.15, 0.2) is 5.60 Å². The maximum Gasteiger partial charge on any atom is 0.422 e. The minimum atomic E-state index is -4.96. The van der Waals surface area contributed by atoms with Crippen molar-refractivity contribution in [3.63, 3.8) is 0 Å². The summed E-state index contributed by atoms with van der Waals surface area (Å²) < 4.78 is 47.5. The number of hydrogen-bond acceptors (Lipinski definition) is 4. The van der Waals surface area contributed by atoms with Crippen LogP contribution in [-0.4, -0.2) is 27.3 Å². The van der Waals surface area contributed by atoms with Crippen molar-refractivity contribution in [1.29, 1.82) is 0 Å². The van der Waals surface area contributed by atoms with Gasteiger partial charge >= 0.3 is 12.1 Å². The molecule has 3 aromatic rings. The van der Waals surface area contributed by atoms with E-state index in [-0.39, 0.29) is 28.3 Å². The van der Waals surface area contributed by atoms with Crippen molar-refractivity contribution in [1.82, 2.24) is 4.98 Å². The van der Waals surface area contributed by atoms with Gasteiger partial charge in [0, 0.05) is 23.3 Å². The molecule has 2 atom stereocenters. The fourth-order valence-corrected chi connectivity index (χ4v) is 3.68. The van der Waals surface area contributed by atoms with Crippen molar-refractivity contribution in [3.05, 3.63) is 94.3 Å². The molecule has 168 valence electrons. The third-order valence-electron chi connectivity index (χ3n) is 5.22. The van der Waals surface area contributed by atoms with Gasteiger partial charge in [-0.25, -0.2) is 4.79 Å². The first-order valence-electron chi connectivity index (χ1n) is 9.48. The number of alkyl halides is 3. The maximum atomic E-state index is 13.9. The van der Waals surface area contributed by atoms with Gasteiger partial charge in [-0.2, -0.15) is 13.2 Å². The first-order chi connectivity index (χ1) is 15.0. The number of aliphatic hydroxyl groups is 1. The van der Waals surface area contributed by atoms with Crippen molar-refractivity contribution in [2.24, 2.45) is 0 Å². The van der Waals surface area contributed by atoms with Crippen LogP contribution in [0.15, 0.2) is 67.0 Å². The van der Waals surface area contributed by atoms with Gasteiger partial charge in [0.05, 0.1) is 5.56 Å². The highest BCUT2D eigenvalue weighted by Gasteiger charge is 2.58. The van der Waals surface area contributed by atoms with E-state index in [2.05, 4.69) is 4.98 Å². The third kappa shape index (κ3) is 4.71. The van der Waals surface area contributed by atoms with Gasteiger partial charge in [-0.1, -0.05) is 36.7 Å². The Morgan fingerprint density at radius 1 is 1.09 bits per heavy atom. The lowest BCUT2D eigenvalue weighted by molar-refractivity contribution is -0.274. The van der Waals surface area contributed by atoms with Gasteiger partial charge in [-0.05, 0) is 53.1 Å². The standard InChI is InChI=1S/C23H19ClF3NO4/c1-14(22(31,23(25,26)27)17-8-10-28-11-9-17)19-7-6-18(12-20(19)24)32-13-15-2-4-16(5-3-15)21(29)30/h2-12,14,31H,13H2,1H3,(H,29,30). The molecular weight excluding hydrogens is 447 g/mol. The molecule has 1 heterocycles. The van der Waals surface area contributed by atoms with E-state index in [4.69, 9.17) is 21.4 Å². The highest BCUT2D eigenvalue weighted by Crippen LogP contribution is 2.49. The Balaban J connectivity index is 1.82. The SMILES string of the molecule is CC(c1ccc(OCc2ccc(C(=O)O)cc2)cc1Cl)C(O)(c1ccncc1)C(F)(F)F. The topological polar surface area (TPSA) is 79.7 Å². The van der Waals surface area contributed by atoms with Gasteiger partial charge in [0.25, 0.3) is 0 Å². The van der Waals surface area contributed by atoms with E-state index >= 15 is 0 Å². The normalized spacial score (nSPS) is 14.4. The lowest BCUT2D eigenvalue weighted by Gasteiger charge is -2.36. The minimum absolute atomic E-state index is 0.00737. The summed E-state index contributed by atoms with van der Waals surface area (Å²) in [4.78, 5) is 14.6. The van der Waals surface area contributed by atoms with E-state index in [1.807, 2.05) is 0 Å². The van der Waals surface area contributed by atoms with Crippen molar-refractivity contribution >= 4 is 17.6 Å². The quantitative estimate of drug-likeness (QED) is 0.477. The number of carboxylic acids is 1. The molecule has 2 aromatic carbocycles. The summed E-state index contributed by atoms with van der Waals surface area (Å²) in [6.07, 6.45) is -2.60. The van der Waals surface area contributed by atoms with Crippen LogP contribution in [0.1, 0.15) is 39.9 Å². The van der Waals surface area contributed by atoms with Crippen LogP contribution < -0.4 is 4.74 Å². The van der Waals surface area contributed by atoms with Crippen LogP contribution in [0.25, 0.3) is 0 Å². The lowest BCUT2D eigenvalue weighted by atomic mass is 9.78. The van der Waals surface area contributed by atoms with E-state index in [9.17, 15) is 23.1 Å². The smallest absolute Gasteiger partial charge is 0.422 e. The number of halogens is 4. The van der Waals surface area contributed by atoms with E-state index in [0.29, 0.717) is 11.3 Å². The molecule has 0 aliphatic heterocycles. The monoisotopic (exact) mass is 465 g/mol. The van der Waals surface area contributed by atoms with Gasteiger partial charge < -0.3 is 14.9 Å². The molecule has 0 saturated carbocycles. The van der Waals surface area contributed by atoms with E-state index in [1.165, 1.54) is 49.6 Å². The highest BCUT2D eigenvalue weighted by molar-refractivity contribution is 6.31. The molecule has 0 saturated heterocycles. The Labute approximate surface area is 187 Å². The molecule has 32 heavy (non-hydrogen) atoms. The van der Waals surface area contributed by atoms with Crippen molar-refractivity contribution in [2.45, 2.75) is 31.2 Å². The van der Waals surface area contributed by atoms with Crippen LogP contribution in [0.2, 0.25) is 5.02 Å². The molecule has 0 spiro atoms. The second-order valence-corrected chi connectivity index (χ2v) is 7.60. The fraction of sp³-hybridized carbons (Fsp3) is 0.217. The summed E-state index contributed by atoms with van der Waals surface area (Å²) in [6, 6.07) is 12.5. The van der Waals surface area contributed by atoms with Gasteiger partial charge in [-0.15, -0.1) is 0 Å². The minimum Gasteiger partial charge on any atom is -0.489 e. The zero-order valence-electron chi connectivity index (χ0n) is 16.8. The molecule has 0 amide bonds. The molecule has 1 aromatic heterocycles. The Morgan fingerprint density at radius 2 is 1.72 bits per heavy atom. The van der Waals surface area contributed by atoms with Crippen LogP contribution in [0, 0.1) is 0 Å². The predicted octanol–water partition coefficient (Wildman–Crippen LogP) is 5.57. The fourth-order valence-electron chi connectivity index (χ4n) is 3.35. The average molecular weight is 466 g/mol. The van der Waals surface area contributed by atoms with Gasteiger partial charge in [-0.3, -0.25) is 4.98 Å². The van der Waals surface area contributed by atoms with Crippen LogP contribution in [0.4, 0.5) is 13.2 Å². The average Bonchev–Trinajstić information content (AvgIpc) is 2.77. The number of carboxylic acid groups (broad SMARTS) is 1. The summed E-state index contributed by atoms with van der Waals surface area (Å²) in [5, 5.41) is 19.7. The van der Waals surface area contributed by atoms with Crippen LogP contribution in [0.5, 0.6) is 5.75 Å². The van der Waals surface area contributed by atoms with Crippen molar-refractivity contribution in [2.75, 3.05) is 0 Å². The van der Waals surface area contributed by atoms with Crippen LogP contribution >= 0.6 is 11.6 Å². The number of aromatic nitrogens is 1. The first kappa shape index (κ1) is 23.6. The summed E-state index contributed by atoms with van der Waals surface area (Å²) in [7, 11) is 0. The molecule has 0 bridgehead atoms. The van der Waals surface area contributed by atoms with Gasteiger partial charge in [0.1, 0.15) is 12.4 Å². The molecule has 0 fully saturated rings. The van der Waals surface area contributed by atoms with E-state index in [0.717, 1.165) is 12.1 Å². The Kier molecular flexibility index (Phi) is 6.76. The summed E-state index contributed by atoms with van der Waals surface area (Å²) >= 11 is 6.27. The highest BCUT2D eigenvalue weighted by atomic mass is 35.5. The number of nitrogens with zero attached hydrogens (tertiary/aromatic N) is 1. The Hall–Kier alpha value is -3.10. The summed E-state index contributed by atoms with van der Waals surface area (Å²) in [6.45, 7) is 1.36. The molecule has 2 N–H and O–H groups in total. The van der Waals surface area contributed by atoms with Crippen molar-refractivity contribution in [3.8, 4) is 5.75 Å². The zero-order valence-corrected chi connectivity index (χ0v) is 17.6. The maximum absolute atomic E-state index is 13.9. The lowest BCUT2D eigenvalue weighted by Crippen LogP contribution is -2.46. The predicted molar refractivity (Wildman–Crippen MR) is 112 cm³/mol. The third-order valence-corrected chi connectivity index (χ3v) is 5.55. The Morgan fingerprint density at radius 3 is 2.25 bits per heavy atom. The molecule has 0 radical (unpaired) electrons. The molecule has 0 aliphatic carbocycles. The van der Waals surface area contributed by atoms with Crippen LogP contribution in [-0.2, 0) is 12.2 Å². The van der Waals surface area contributed by atoms with E-state index in [1.54, 1.807) is 12.1 Å². The van der Waals surface area contributed by atoms with Crippen LogP contribution in [0.3, 0.4) is 0 Å². The first-order valence-corrected chi connectivity index (χ1v) is 9.86. The second kappa shape index (κ2) is 9.18. The number of benzene rings is 2. The number of carbonyl (C=O) groups is 1. The van der Waals surface area contributed by atoms with Crippen molar-refractivity contribution < 1.29 is 32.9 Å².